The second-order valence-corrected chi connectivity index (χ2v) is 8.22. The molecule has 1 atom stereocenters. The van der Waals surface area contributed by atoms with Crippen LogP contribution in [0.4, 0.5) is 0 Å². The van der Waals surface area contributed by atoms with E-state index in [2.05, 4.69) is 49.2 Å². The summed E-state index contributed by atoms with van der Waals surface area (Å²) in [6.07, 6.45) is 6.21. The molecule has 0 amide bonds. The Morgan fingerprint density at radius 2 is 1.97 bits per heavy atom. The summed E-state index contributed by atoms with van der Waals surface area (Å²) in [7, 11) is 1.88. The van der Waals surface area contributed by atoms with Gasteiger partial charge in [0.25, 0.3) is 0 Å². The second kappa shape index (κ2) is 6.60. The molecular formula is C21H24N8. The molecule has 3 aromatic heterocycles. The Balaban J connectivity index is 1.23. The number of nitrogens with zero attached hydrogens (tertiary/aromatic N) is 8. The number of piperazine rings is 1. The van der Waals surface area contributed by atoms with Crippen molar-refractivity contribution in [1.29, 1.82) is 0 Å². The van der Waals surface area contributed by atoms with Gasteiger partial charge in [0.05, 0.1) is 11.6 Å². The lowest BCUT2D eigenvalue weighted by Crippen LogP contribution is -2.49. The van der Waals surface area contributed by atoms with Crippen molar-refractivity contribution in [1.82, 2.24) is 39.2 Å². The smallest absolute Gasteiger partial charge is 0.182 e. The van der Waals surface area contributed by atoms with Crippen molar-refractivity contribution in [3.8, 4) is 11.4 Å². The number of rotatable bonds is 3. The molecule has 6 rings (SSSR count). The molecule has 1 aromatic carbocycles. The van der Waals surface area contributed by atoms with Gasteiger partial charge >= 0.3 is 0 Å². The van der Waals surface area contributed by atoms with Gasteiger partial charge in [-0.3, -0.25) is 14.5 Å². The van der Waals surface area contributed by atoms with Gasteiger partial charge in [0, 0.05) is 44.8 Å². The maximum Gasteiger partial charge on any atom is 0.182 e. The van der Waals surface area contributed by atoms with E-state index in [0.29, 0.717) is 5.82 Å². The van der Waals surface area contributed by atoms with Gasteiger partial charge < -0.3 is 0 Å². The molecule has 0 unspecified atom stereocenters. The maximum absolute atomic E-state index is 4.75. The Labute approximate surface area is 168 Å². The monoisotopic (exact) mass is 388 g/mol. The Morgan fingerprint density at radius 3 is 2.86 bits per heavy atom. The lowest BCUT2D eigenvalue weighted by atomic mass is 10.1. The van der Waals surface area contributed by atoms with Crippen molar-refractivity contribution in [2.24, 2.45) is 7.05 Å². The molecule has 4 aromatic rings. The van der Waals surface area contributed by atoms with Crippen LogP contribution < -0.4 is 0 Å². The minimum atomic E-state index is 0.717. The van der Waals surface area contributed by atoms with E-state index in [-0.39, 0.29) is 0 Å². The normalized spacial score (nSPS) is 20.7. The minimum Gasteiger partial charge on any atom is -0.298 e. The number of benzene rings is 1. The van der Waals surface area contributed by atoms with E-state index in [9.17, 15) is 0 Å². The second-order valence-electron chi connectivity index (χ2n) is 8.22. The molecule has 2 saturated heterocycles. The highest BCUT2D eigenvalue weighted by Gasteiger charge is 2.30. The molecule has 5 heterocycles. The van der Waals surface area contributed by atoms with Crippen molar-refractivity contribution in [3.05, 3.63) is 42.4 Å². The molecule has 2 aliphatic rings. The molecule has 0 aliphatic carbocycles. The molecular weight excluding hydrogens is 364 g/mol. The first kappa shape index (κ1) is 17.1. The van der Waals surface area contributed by atoms with Gasteiger partial charge in [-0.15, -0.1) is 5.10 Å². The summed E-state index contributed by atoms with van der Waals surface area (Å²) < 4.78 is 3.48. The first-order valence-corrected chi connectivity index (χ1v) is 10.3. The Morgan fingerprint density at radius 1 is 1.07 bits per heavy atom. The summed E-state index contributed by atoms with van der Waals surface area (Å²) in [5.74, 6) is 0.717. The number of hydrogen-bond acceptors (Lipinski definition) is 6. The topological polar surface area (TPSA) is 67.4 Å². The van der Waals surface area contributed by atoms with Crippen LogP contribution in [-0.4, -0.2) is 71.4 Å². The fourth-order valence-corrected chi connectivity index (χ4v) is 4.78. The molecule has 8 nitrogen and oxygen atoms in total. The molecule has 0 spiro atoms. The molecule has 8 heteroatoms. The van der Waals surface area contributed by atoms with E-state index >= 15 is 0 Å². The highest BCUT2D eigenvalue weighted by molar-refractivity contribution is 5.88. The van der Waals surface area contributed by atoms with Crippen LogP contribution in [-0.2, 0) is 13.6 Å². The predicted molar refractivity (Wildman–Crippen MR) is 110 cm³/mol. The van der Waals surface area contributed by atoms with Gasteiger partial charge in [-0.05, 0) is 24.9 Å². The fourth-order valence-electron chi connectivity index (χ4n) is 4.78. The number of aromatic nitrogens is 6. The Kier molecular flexibility index (Phi) is 3.88. The molecule has 29 heavy (non-hydrogen) atoms. The summed E-state index contributed by atoms with van der Waals surface area (Å²) in [6, 6.07) is 9.44. The summed E-state index contributed by atoms with van der Waals surface area (Å²) in [6.45, 7) is 5.89. The SMILES string of the molecule is Cn1ncc2c1ncn1nc(-c3ccc(CN4CCN5CCC[C@H]5C4)cc3)nc21. The lowest BCUT2D eigenvalue weighted by Gasteiger charge is -2.37. The van der Waals surface area contributed by atoms with Crippen LogP contribution in [0.15, 0.2) is 36.8 Å². The molecule has 0 radical (unpaired) electrons. The molecule has 0 saturated carbocycles. The van der Waals surface area contributed by atoms with Crippen LogP contribution in [0, 0.1) is 0 Å². The molecule has 0 N–H and O–H groups in total. The van der Waals surface area contributed by atoms with Gasteiger partial charge in [0.2, 0.25) is 0 Å². The third kappa shape index (κ3) is 2.90. The van der Waals surface area contributed by atoms with Crippen molar-refractivity contribution >= 4 is 16.7 Å². The van der Waals surface area contributed by atoms with Gasteiger partial charge in [-0.2, -0.15) is 5.10 Å². The quantitative estimate of drug-likeness (QED) is 0.535. The molecule has 0 bridgehead atoms. The van der Waals surface area contributed by atoms with Crippen LogP contribution in [0.2, 0.25) is 0 Å². The molecule has 2 fully saturated rings. The maximum atomic E-state index is 4.75. The van der Waals surface area contributed by atoms with Crippen molar-refractivity contribution in [2.45, 2.75) is 25.4 Å². The van der Waals surface area contributed by atoms with E-state index in [0.717, 1.165) is 34.8 Å². The van der Waals surface area contributed by atoms with Crippen molar-refractivity contribution < 1.29 is 0 Å². The van der Waals surface area contributed by atoms with Crippen LogP contribution in [0.5, 0.6) is 0 Å². The zero-order chi connectivity index (χ0) is 19.4. The van der Waals surface area contributed by atoms with Gasteiger partial charge in [-0.1, -0.05) is 24.3 Å². The van der Waals surface area contributed by atoms with Crippen LogP contribution >= 0.6 is 0 Å². The Bertz CT molecular complexity index is 1170. The number of aryl methyl sites for hydroxylation is 1. The average molecular weight is 388 g/mol. The summed E-state index contributed by atoms with van der Waals surface area (Å²) in [4.78, 5) is 14.4. The molecule has 148 valence electrons. The average Bonchev–Trinajstić information content (AvgIpc) is 3.46. The first-order valence-electron chi connectivity index (χ1n) is 10.3. The van der Waals surface area contributed by atoms with Crippen molar-refractivity contribution in [2.75, 3.05) is 26.2 Å². The van der Waals surface area contributed by atoms with Crippen LogP contribution in [0.1, 0.15) is 18.4 Å². The predicted octanol–water partition coefficient (Wildman–Crippen LogP) is 1.96. The zero-order valence-electron chi connectivity index (χ0n) is 16.6. The van der Waals surface area contributed by atoms with E-state index < -0.39 is 0 Å². The number of fused-ring (bicyclic) bond motifs is 4. The summed E-state index contributed by atoms with van der Waals surface area (Å²) in [5, 5.41) is 9.81. The standard InChI is InChI=1S/C21H24N8/c1-26-20-18(11-23-26)21-24-19(25-29(21)14-22-20)16-6-4-15(5-7-16)12-27-9-10-28-8-2-3-17(28)13-27/h4-7,11,14,17H,2-3,8-10,12-13H2,1H3/t17-/m0/s1. The van der Waals surface area contributed by atoms with E-state index in [4.69, 9.17) is 4.98 Å². The van der Waals surface area contributed by atoms with E-state index in [1.807, 2.05) is 7.05 Å². The third-order valence-electron chi connectivity index (χ3n) is 6.36. The highest BCUT2D eigenvalue weighted by atomic mass is 15.3. The van der Waals surface area contributed by atoms with Crippen LogP contribution in [0.25, 0.3) is 28.1 Å². The van der Waals surface area contributed by atoms with Crippen molar-refractivity contribution in [3.63, 3.8) is 0 Å². The highest BCUT2D eigenvalue weighted by Crippen LogP contribution is 2.24. The largest absolute Gasteiger partial charge is 0.298 e. The van der Waals surface area contributed by atoms with Crippen LogP contribution in [0.3, 0.4) is 0 Å². The van der Waals surface area contributed by atoms with E-state index in [1.54, 1.807) is 21.7 Å². The summed E-state index contributed by atoms with van der Waals surface area (Å²) >= 11 is 0. The third-order valence-corrected chi connectivity index (χ3v) is 6.36. The van der Waals surface area contributed by atoms with Gasteiger partial charge in [0.15, 0.2) is 17.1 Å². The van der Waals surface area contributed by atoms with E-state index in [1.165, 1.54) is 44.6 Å². The zero-order valence-corrected chi connectivity index (χ0v) is 16.6. The van der Waals surface area contributed by atoms with Gasteiger partial charge in [0.1, 0.15) is 6.33 Å². The number of hydrogen-bond donors (Lipinski definition) is 0. The Hall–Kier alpha value is -2.84. The minimum absolute atomic E-state index is 0.717. The first-order chi connectivity index (χ1) is 14.2. The molecule has 2 aliphatic heterocycles. The lowest BCUT2D eigenvalue weighted by molar-refractivity contribution is 0.0994. The van der Waals surface area contributed by atoms with Gasteiger partial charge in [-0.25, -0.2) is 14.5 Å². The summed E-state index contributed by atoms with van der Waals surface area (Å²) in [5.41, 5.74) is 3.97. The fraction of sp³-hybridized carbons (Fsp3) is 0.429.